The van der Waals surface area contributed by atoms with Crippen LogP contribution in [0.15, 0.2) is 42.9 Å². The third kappa shape index (κ3) is 3.61. The van der Waals surface area contributed by atoms with Crippen molar-refractivity contribution in [2.75, 3.05) is 28.7 Å². The summed E-state index contributed by atoms with van der Waals surface area (Å²) in [7, 11) is 1.77. The van der Waals surface area contributed by atoms with Gasteiger partial charge < -0.3 is 15.1 Å². The number of non-ortho nitro benzene ring substituents is 1. The van der Waals surface area contributed by atoms with Gasteiger partial charge in [-0.25, -0.2) is 4.98 Å². The van der Waals surface area contributed by atoms with E-state index in [1.807, 2.05) is 6.20 Å². The van der Waals surface area contributed by atoms with Gasteiger partial charge in [-0.05, 0) is 18.4 Å². The first kappa shape index (κ1) is 19.9. The molecule has 1 fully saturated rings. The van der Waals surface area contributed by atoms with E-state index in [1.54, 1.807) is 41.2 Å². The molecule has 2 aliphatic heterocycles. The number of benzene rings is 1. The number of anilines is 3. The van der Waals surface area contributed by atoms with E-state index in [9.17, 15) is 14.9 Å². The third-order valence-electron chi connectivity index (χ3n) is 5.88. The molecule has 1 saturated heterocycles. The molecule has 0 bridgehead atoms. The molecule has 2 aromatic heterocycles. The predicted molar refractivity (Wildman–Crippen MR) is 118 cm³/mol. The van der Waals surface area contributed by atoms with Gasteiger partial charge in [0.25, 0.3) is 5.69 Å². The number of nitrogens with zero attached hydrogens (tertiary/aromatic N) is 7. The van der Waals surface area contributed by atoms with Gasteiger partial charge in [0.05, 0.1) is 23.9 Å². The molecule has 32 heavy (non-hydrogen) atoms. The monoisotopic (exact) mass is 434 g/mol. The van der Waals surface area contributed by atoms with Crippen molar-refractivity contribution >= 4 is 29.0 Å². The fourth-order valence-electron chi connectivity index (χ4n) is 4.19. The number of rotatable bonds is 6. The van der Waals surface area contributed by atoms with Crippen LogP contribution in [0.4, 0.5) is 23.1 Å². The van der Waals surface area contributed by atoms with Gasteiger partial charge in [0.15, 0.2) is 5.82 Å². The van der Waals surface area contributed by atoms with E-state index in [-0.39, 0.29) is 17.6 Å². The Morgan fingerprint density at radius 3 is 2.81 bits per heavy atom. The Hall–Kier alpha value is -4.02. The lowest BCUT2D eigenvalue weighted by molar-refractivity contribution is -0.384. The fourth-order valence-corrected chi connectivity index (χ4v) is 4.19. The second-order valence-electron chi connectivity index (χ2n) is 7.97. The number of nitro groups is 1. The number of hydrogen-bond acceptors (Lipinski definition) is 8. The van der Waals surface area contributed by atoms with Crippen LogP contribution in [0.25, 0.3) is 0 Å². The van der Waals surface area contributed by atoms with Crippen molar-refractivity contribution < 1.29 is 9.72 Å². The molecule has 4 heterocycles. The molecular formula is C21H22N8O3. The van der Waals surface area contributed by atoms with Gasteiger partial charge >= 0.3 is 0 Å². The van der Waals surface area contributed by atoms with Gasteiger partial charge in [-0.3, -0.25) is 19.6 Å². The topological polar surface area (TPSA) is 122 Å². The van der Waals surface area contributed by atoms with Crippen LogP contribution in [-0.4, -0.2) is 50.2 Å². The summed E-state index contributed by atoms with van der Waals surface area (Å²) >= 11 is 0. The van der Waals surface area contributed by atoms with Gasteiger partial charge in [-0.2, -0.15) is 10.1 Å². The van der Waals surface area contributed by atoms with Crippen molar-refractivity contribution in [1.82, 2.24) is 19.7 Å². The normalized spacial score (nSPS) is 17.3. The van der Waals surface area contributed by atoms with Gasteiger partial charge in [-0.15, -0.1) is 0 Å². The zero-order valence-electron chi connectivity index (χ0n) is 17.5. The van der Waals surface area contributed by atoms with Gasteiger partial charge in [0.2, 0.25) is 11.9 Å². The van der Waals surface area contributed by atoms with Crippen molar-refractivity contribution in [2.24, 2.45) is 0 Å². The molecule has 1 amide bonds. The molecule has 0 spiro atoms. The highest BCUT2D eigenvalue weighted by molar-refractivity contribution is 6.04. The molecule has 164 valence electrons. The van der Waals surface area contributed by atoms with Crippen molar-refractivity contribution in [3.63, 3.8) is 0 Å². The van der Waals surface area contributed by atoms with Crippen LogP contribution in [0.1, 0.15) is 24.0 Å². The van der Waals surface area contributed by atoms with Crippen molar-refractivity contribution in [2.45, 2.75) is 32.0 Å². The van der Waals surface area contributed by atoms with Crippen LogP contribution >= 0.6 is 0 Å². The van der Waals surface area contributed by atoms with E-state index >= 15 is 0 Å². The first-order valence-corrected chi connectivity index (χ1v) is 10.4. The Labute approximate surface area is 183 Å². The summed E-state index contributed by atoms with van der Waals surface area (Å²) in [5.74, 6) is 1.39. The SMILES string of the molecule is CN1C(=O)[C@@H]2CCCN2c2nc(NCc3cnn(Cc4ccc([N+](=O)[O-])cc4)c3)ncc21. The second-order valence-corrected chi connectivity index (χ2v) is 7.97. The highest BCUT2D eigenvalue weighted by atomic mass is 16.6. The van der Waals surface area contributed by atoms with Crippen molar-refractivity contribution in [1.29, 1.82) is 0 Å². The molecule has 1 N–H and O–H groups in total. The maximum atomic E-state index is 12.5. The number of nitrogens with one attached hydrogen (secondary N) is 1. The number of hydrogen-bond donors (Lipinski definition) is 1. The fraction of sp³-hybridized carbons (Fsp3) is 0.333. The van der Waals surface area contributed by atoms with Crippen LogP contribution in [0.5, 0.6) is 0 Å². The van der Waals surface area contributed by atoms with E-state index in [1.165, 1.54) is 12.1 Å². The van der Waals surface area contributed by atoms with E-state index in [4.69, 9.17) is 0 Å². The maximum Gasteiger partial charge on any atom is 0.269 e. The molecular weight excluding hydrogens is 412 g/mol. The Kier molecular flexibility index (Phi) is 4.92. The van der Waals surface area contributed by atoms with E-state index in [2.05, 4.69) is 25.3 Å². The number of carbonyl (C=O) groups is 1. The molecule has 0 saturated carbocycles. The smallest absolute Gasteiger partial charge is 0.269 e. The number of nitro benzene ring substituents is 1. The van der Waals surface area contributed by atoms with Crippen LogP contribution in [0.3, 0.4) is 0 Å². The molecule has 0 unspecified atom stereocenters. The zero-order chi connectivity index (χ0) is 22.2. The summed E-state index contributed by atoms with van der Waals surface area (Å²) in [6, 6.07) is 6.31. The van der Waals surface area contributed by atoms with Gasteiger partial charge in [-0.1, -0.05) is 12.1 Å². The van der Waals surface area contributed by atoms with Crippen LogP contribution < -0.4 is 15.1 Å². The molecule has 1 atom stereocenters. The summed E-state index contributed by atoms with van der Waals surface area (Å²) in [6.07, 6.45) is 7.19. The average molecular weight is 434 g/mol. The number of amides is 1. The van der Waals surface area contributed by atoms with E-state index in [0.717, 1.165) is 42.0 Å². The maximum absolute atomic E-state index is 12.5. The highest BCUT2D eigenvalue weighted by Gasteiger charge is 2.40. The second kappa shape index (κ2) is 7.91. The lowest BCUT2D eigenvalue weighted by Gasteiger charge is -2.36. The molecule has 0 radical (unpaired) electrons. The summed E-state index contributed by atoms with van der Waals surface area (Å²) in [5, 5.41) is 18.4. The molecule has 1 aromatic carbocycles. The van der Waals surface area contributed by atoms with Crippen LogP contribution in [0, 0.1) is 10.1 Å². The summed E-state index contributed by atoms with van der Waals surface area (Å²) in [5.41, 5.74) is 2.68. The molecule has 0 aliphatic carbocycles. The Balaban J connectivity index is 1.25. The minimum Gasteiger partial charge on any atom is -0.350 e. The Morgan fingerprint density at radius 2 is 2.03 bits per heavy atom. The zero-order valence-corrected chi connectivity index (χ0v) is 17.5. The quantitative estimate of drug-likeness (QED) is 0.463. The van der Waals surface area contributed by atoms with E-state index in [0.29, 0.717) is 19.0 Å². The minimum atomic E-state index is -0.413. The lowest BCUT2D eigenvalue weighted by Crippen LogP contribution is -2.49. The Bertz CT molecular complexity index is 1180. The predicted octanol–water partition coefficient (Wildman–Crippen LogP) is 2.19. The van der Waals surface area contributed by atoms with E-state index < -0.39 is 4.92 Å². The summed E-state index contributed by atoms with van der Waals surface area (Å²) in [4.78, 5) is 35.7. The standard InChI is InChI=1S/C21H22N8O3/c1-26-18-11-23-21(25-19(18)28-8-2-3-17(28)20(26)30)22-9-15-10-24-27(13-15)12-14-4-6-16(7-5-14)29(31)32/h4-7,10-11,13,17H,2-3,8-9,12H2,1H3,(H,22,23,25)/t17-/m0/s1. The minimum absolute atomic E-state index is 0.0694. The lowest BCUT2D eigenvalue weighted by atomic mass is 10.1. The largest absolute Gasteiger partial charge is 0.350 e. The summed E-state index contributed by atoms with van der Waals surface area (Å²) < 4.78 is 1.78. The average Bonchev–Trinajstić information content (AvgIpc) is 3.46. The Morgan fingerprint density at radius 1 is 1.22 bits per heavy atom. The molecule has 2 aliphatic rings. The molecule has 3 aromatic rings. The highest BCUT2D eigenvalue weighted by Crippen LogP contribution is 2.37. The third-order valence-corrected chi connectivity index (χ3v) is 5.88. The van der Waals surface area contributed by atoms with Gasteiger partial charge in [0.1, 0.15) is 11.7 Å². The van der Waals surface area contributed by atoms with Gasteiger partial charge in [0, 0.05) is 44.0 Å². The van der Waals surface area contributed by atoms with Crippen LogP contribution in [0.2, 0.25) is 0 Å². The van der Waals surface area contributed by atoms with Crippen molar-refractivity contribution in [3.8, 4) is 0 Å². The summed E-state index contributed by atoms with van der Waals surface area (Å²) in [6.45, 7) is 1.84. The van der Waals surface area contributed by atoms with Crippen molar-refractivity contribution in [3.05, 3.63) is 64.1 Å². The first-order valence-electron chi connectivity index (χ1n) is 10.4. The number of carbonyl (C=O) groups excluding carboxylic acids is 1. The number of aromatic nitrogens is 4. The van der Waals surface area contributed by atoms with Crippen LogP contribution in [-0.2, 0) is 17.9 Å². The molecule has 11 heteroatoms. The number of likely N-dealkylation sites (N-methyl/N-ethyl adjacent to an activating group) is 1. The molecule has 11 nitrogen and oxygen atoms in total. The first-order chi connectivity index (χ1) is 15.5. The number of fused-ring (bicyclic) bond motifs is 3. The molecule has 5 rings (SSSR count).